The normalized spacial score (nSPS) is 22.7. The van der Waals surface area contributed by atoms with Crippen molar-refractivity contribution in [2.24, 2.45) is 0 Å². The van der Waals surface area contributed by atoms with Crippen LogP contribution < -0.4 is 5.32 Å². The van der Waals surface area contributed by atoms with Gasteiger partial charge < -0.3 is 5.32 Å². The lowest BCUT2D eigenvalue weighted by molar-refractivity contribution is 0.495. The van der Waals surface area contributed by atoms with Gasteiger partial charge in [0.05, 0.1) is 17.2 Å². The van der Waals surface area contributed by atoms with E-state index in [4.69, 9.17) is 0 Å². The van der Waals surface area contributed by atoms with Crippen LogP contribution in [0.25, 0.3) is 0 Å². The number of anilines is 1. The molecule has 100 valence electrons. The lowest BCUT2D eigenvalue weighted by Gasteiger charge is -2.24. The van der Waals surface area contributed by atoms with Gasteiger partial charge in [-0.15, -0.1) is 0 Å². The summed E-state index contributed by atoms with van der Waals surface area (Å²) in [6.45, 7) is 0. The summed E-state index contributed by atoms with van der Waals surface area (Å²) in [5.41, 5.74) is -0.212. The van der Waals surface area contributed by atoms with Gasteiger partial charge in [-0.05, 0) is 12.8 Å². The van der Waals surface area contributed by atoms with Crippen LogP contribution in [0.2, 0.25) is 0 Å². The zero-order valence-electron chi connectivity index (χ0n) is 9.42. The molecule has 1 saturated heterocycles. The maximum absolute atomic E-state index is 13.4. The summed E-state index contributed by atoms with van der Waals surface area (Å²) in [6, 6.07) is 0.670. The summed E-state index contributed by atoms with van der Waals surface area (Å²) in [7, 11) is -3.14. The molecule has 1 aliphatic rings. The third-order valence-corrected chi connectivity index (χ3v) is 4.65. The van der Waals surface area contributed by atoms with E-state index in [0.717, 1.165) is 0 Å². The Bertz CT molecular complexity index is 560. The first-order chi connectivity index (χ1) is 8.37. The number of sulfone groups is 1. The van der Waals surface area contributed by atoms with Crippen LogP contribution in [-0.4, -0.2) is 26.0 Å². The van der Waals surface area contributed by atoms with Crippen molar-refractivity contribution >= 4 is 15.5 Å². The van der Waals surface area contributed by atoms with Gasteiger partial charge >= 0.3 is 0 Å². The van der Waals surface area contributed by atoms with Crippen molar-refractivity contribution in [1.29, 1.82) is 0 Å². The van der Waals surface area contributed by atoms with Crippen LogP contribution in [0.3, 0.4) is 0 Å². The van der Waals surface area contributed by atoms with Crippen molar-refractivity contribution in [2.45, 2.75) is 18.9 Å². The second-order valence-electron chi connectivity index (χ2n) is 4.34. The van der Waals surface area contributed by atoms with E-state index in [0.29, 0.717) is 25.0 Å². The van der Waals surface area contributed by atoms with Crippen LogP contribution in [0.4, 0.5) is 18.9 Å². The molecule has 1 aromatic rings. The second kappa shape index (κ2) is 4.79. The number of benzene rings is 1. The molecule has 0 amide bonds. The van der Waals surface area contributed by atoms with E-state index in [9.17, 15) is 21.6 Å². The molecule has 1 fully saturated rings. The Kier molecular flexibility index (Phi) is 3.52. The minimum absolute atomic E-state index is 0.117. The molecule has 18 heavy (non-hydrogen) atoms. The molecule has 0 aromatic heterocycles. The van der Waals surface area contributed by atoms with Gasteiger partial charge in [0.25, 0.3) is 0 Å². The van der Waals surface area contributed by atoms with Gasteiger partial charge in [0.15, 0.2) is 21.5 Å². The van der Waals surface area contributed by atoms with Crippen molar-refractivity contribution in [3.8, 4) is 0 Å². The molecule has 0 bridgehead atoms. The fourth-order valence-electron chi connectivity index (χ4n) is 1.99. The first-order valence-corrected chi connectivity index (χ1v) is 7.31. The minimum Gasteiger partial charge on any atom is -0.379 e. The number of rotatable bonds is 2. The van der Waals surface area contributed by atoms with E-state index < -0.39 is 33.3 Å². The first-order valence-electron chi connectivity index (χ1n) is 5.49. The van der Waals surface area contributed by atoms with Crippen molar-refractivity contribution in [2.75, 3.05) is 16.8 Å². The van der Waals surface area contributed by atoms with E-state index in [1.807, 2.05) is 0 Å². The molecule has 2 rings (SSSR count). The number of hydrogen-bond donors (Lipinski definition) is 1. The van der Waals surface area contributed by atoms with E-state index in [1.165, 1.54) is 0 Å². The molecule has 1 aliphatic heterocycles. The van der Waals surface area contributed by atoms with E-state index >= 15 is 0 Å². The summed E-state index contributed by atoms with van der Waals surface area (Å²) in [5, 5.41) is 2.61. The Morgan fingerprint density at radius 2 is 1.78 bits per heavy atom. The van der Waals surface area contributed by atoms with Crippen LogP contribution in [-0.2, 0) is 9.84 Å². The quantitative estimate of drug-likeness (QED) is 0.843. The second-order valence-corrected chi connectivity index (χ2v) is 6.57. The number of hydrogen-bond acceptors (Lipinski definition) is 3. The monoisotopic (exact) mass is 279 g/mol. The molecule has 7 heteroatoms. The van der Waals surface area contributed by atoms with Gasteiger partial charge in [-0.25, -0.2) is 21.6 Å². The zero-order valence-corrected chi connectivity index (χ0v) is 10.2. The molecule has 0 aliphatic carbocycles. The molecule has 0 radical (unpaired) electrons. The lowest BCUT2D eigenvalue weighted by Crippen LogP contribution is -2.35. The highest BCUT2D eigenvalue weighted by Crippen LogP contribution is 2.22. The van der Waals surface area contributed by atoms with Gasteiger partial charge in [-0.3, -0.25) is 0 Å². The van der Waals surface area contributed by atoms with Crippen molar-refractivity contribution in [3.63, 3.8) is 0 Å². The Morgan fingerprint density at radius 3 is 2.44 bits per heavy atom. The highest BCUT2D eigenvalue weighted by molar-refractivity contribution is 7.91. The van der Waals surface area contributed by atoms with Crippen LogP contribution in [0.15, 0.2) is 12.1 Å². The molecular formula is C11H12F3NO2S. The Balaban J connectivity index is 2.17. The van der Waals surface area contributed by atoms with Gasteiger partial charge in [-0.2, -0.15) is 0 Å². The SMILES string of the molecule is O=S1(=O)CCCC(Nc2cc(F)c(F)cc2F)C1. The van der Waals surface area contributed by atoms with Crippen LogP contribution >= 0.6 is 0 Å². The average Bonchev–Trinajstić information content (AvgIpc) is 2.24. The third-order valence-electron chi connectivity index (χ3n) is 2.83. The van der Waals surface area contributed by atoms with Crippen molar-refractivity contribution < 1.29 is 21.6 Å². The van der Waals surface area contributed by atoms with Crippen LogP contribution in [0, 0.1) is 17.5 Å². The molecule has 1 atom stereocenters. The van der Waals surface area contributed by atoms with Gasteiger partial charge in [-0.1, -0.05) is 0 Å². The predicted octanol–water partition coefficient (Wildman–Crippen LogP) is 2.09. The number of nitrogens with one attached hydrogen (secondary N) is 1. The summed E-state index contributed by atoms with van der Waals surface area (Å²) in [6.07, 6.45) is 1.03. The van der Waals surface area contributed by atoms with Crippen molar-refractivity contribution in [3.05, 3.63) is 29.6 Å². The fraction of sp³-hybridized carbons (Fsp3) is 0.455. The van der Waals surface area contributed by atoms with E-state index in [-0.39, 0.29) is 17.2 Å². The highest BCUT2D eigenvalue weighted by atomic mass is 32.2. The largest absolute Gasteiger partial charge is 0.379 e. The number of halogens is 3. The molecule has 0 saturated carbocycles. The lowest BCUT2D eigenvalue weighted by atomic mass is 10.1. The summed E-state index contributed by atoms with van der Waals surface area (Å²) in [4.78, 5) is 0. The minimum atomic E-state index is -3.14. The van der Waals surface area contributed by atoms with Gasteiger partial charge in [0.1, 0.15) is 5.82 Å². The Hall–Kier alpha value is -1.24. The highest BCUT2D eigenvalue weighted by Gasteiger charge is 2.25. The maximum Gasteiger partial charge on any atom is 0.161 e. The topological polar surface area (TPSA) is 46.2 Å². The van der Waals surface area contributed by atoms with Gasteiger partial charge in [0, 0.05) is 18.2 Å². The van der Waals surface area contributed by atoms with Crippen LogP contribution in [0.5, 0.6) is 0 Å². The summed E-state index contributed by atoms with van der Waals surface area (Å²) < 4.78 is 61.8. The predicted molar refractivity (Wildman–Crippen MR) is 61.6 cm³/mol. The standard InChI is InChI=1S/C11H12F3NO2S/c12-8-4-10(14)11(5-9(8)13)15-7-2-1-3-18(16,17)6-7/h4-5,7,15H,1-3,6H2. The average molecular weight is 279 g/mol. The van der Waals surface area contributed by atoms with Gasteiger partial charge in [0.2, 0.25) is 0 Å². The summed E-state index contributed by atoms with van der Waals surface area (Å²) in [5.74, 6) is -3.37. The fourth-order valence-corrected chi connectivity index (χ4v) is 3.63. The molecule has 3 nitrogen and oxygen atoms in total. The molecular weight excluding hydrogens is 267 g/mol. The van der Waals surface area contributed by atoms with Crippen molar-refractivity contribution in [1.82, 2.24) is 0 Å². The van der Waals surface area contributed by atoms with E-state index in [2.05, 4.69) is 5.32 Å². The third kappa shape index (κ3) is 2.95. The molecule has 1 aromatic carbocycles. The van der Waals surface area contributed by atoms with Crippen LogP contribution in [0.1, 0.15) is 12.8 Å². The first kappa shape index (κ1) is 13.2. The van der Waals surface area contributed by atoms with E-state index in [1.54, 1.807) is 0 Å². The summed E-state index contributed by atoms with van der Waals surface area (Å²) >= 11 is 0. The molecule has 0 spiro atoms. The zero-order chi connectivity index (χ0) is 13.3. The molecule has 1 unspecified atom stereocenters. The maximum atomic E-state index is 13.4. The molecule has 1 N–H and O–H groups in total. The Labute approximate surface area is 103 Å². The Morgan fingerprint density at radius 1 is 1.11 bits per heavy atom. The molecule has 1 heterocycles. The smallest absolute Gasteiger partial charge is 0.161 e.